The van der Waals surface area contributed by atoms with E-state index < -0.39 is 4.92 Å². The van der Waals surface area contributed by atoms with Crippen LogP contribution < -0.4 is 0 Å². The Balaban J connectivity index is 1.69. The summed E-state index contributed by atoms with van der Waals surface area (Å²) in [6, 6.07) is 6.27. The molecule has 1 N–H and O–H groups in total. The Hall–Kier alpha value is -2.03. The Bertz CT molecular complexity index is 607. The molecule has 8 nitrogen and oxygen atoms in total. The van der Waals surface area contributed by atoms with Gasteiger partial charge in [-0.15, -0.1) is 0 Å². The smallest absolute Gasteiger partial charge is 0.269 e. The molecule has 4 saturated heterocycles. The summed E-state index contributed by atoms with van der Waals surface area (Å²) < 4.78 is 0. The van der Waals surface area contributed by atoms with E-state index in [-0.39, 0.29) is 11.1 Å². The Morgan fingerprint density at radius 1 is 1.09 bits per heavy atom. The molecule has 8 heteroatoms. The summed E-state index contributed by atoms with van der Waals surface area (Å²) in [7, 11) is 0. The van der Waals surface area contributed by atoms with Crippen molar-refractivity contribution in [2.75, 3.05) is 39.6 Å². The third-order valence-corrected chi connectivity index (χ3v) is 4.73. The molecule has 4 fully saturated rings. The minimum Gasteiger partial charge on any atom is -0.411 e. The summed E-state index contributed by atoms with van der Waals surface area (Å²) in [5, 5.41) is 24.0. The van der Waals surface area contributed by atoms with E-state index in [0.29, 0.717) is 5.71 Å². The van der Waals surface area contributed by atoms with E-state index in [4.69, 9.17) is 0 Å². The van der Waals surface area contributed by atoms with Crippen LogP contribution in [0.15, 0.2) is 29.4 Å². The zero-order chi connectivity index (χ0) is 15.3. The summed E-state index contributed by atoms with van der Waals surface area (Å²) in [5.41, 5.74) is 1.18. The quantitative estimate of drug-likeness (QED) is 0.380. The van der Waals surface area contributed by atoms with E-state index in [2.05, 4.69) is 19.9 Å². The van der Waals surface area contributed by atoms with Crippen LogP contribution >= 0.6 is 0 Å². The molecule has 0 spiro atoms. The van der Waals surface area contributed by atoms with Crippen LogP contribution in [0.25, 0.3) is 0 Å². The minimum atomic E-state index is -0.423. The molecule has 4 aliphatic rings. The highest BCUT2D eigenvalue weighted by molar-refractivity contribution is 6.05. The maximum absolute atomic E-state index is 10.8. The molecule has 1 aromatic rings. The first kappa shape index (κ1) is 13.6. The summed E-state index contributed by atoms with van der Waals surface area (Å²) >= 11 is 0. The normalized spacial score (nSPS) is 36.5. The Labute approximate surface area is 127 Å². The summed E-state index contributed by atoms with van der Waals surface area (Å²) in [5.74, 6) is 0. The predicted molar refractivity (Wildman–Crippen MR) is 78.6 cm³/mol. The van der Waals surface area contributed by atoms with E-state index in [1.165, 1.54) is 12.1 Å². The van der Waals surface area contributed by atoms with Crippen molar-refractivity contribution in [3.63, 3.8) is 0 Å². The molecule has 1 aromatic carbocycles. The zero-order valence-electron chi connectivity index (χ0n) is 12.1. The van der Waals surface area contributed by atoms with E-state index in [1.54, 1.807) is 12.1 Å². The highest BCUT2D eigenvalue weighted by atomic mass is 16.6. The average molecular weight is 303 g/mol. The lowest BCUT2D eigenvalue weighted by Crippen LogP contribution is -2.74. The van der Waals surface area contributed by atoms with Crippen LogP contribution in [0.1, 0.15) is 5.56 Å². The summed E-state index contributed by atoms with van der Waals surface area (Å²) in [4.78, 5) is 17.4. The van der Waals surface area contributed by atoms with Gasteiger partial charge in [-0.1, -0.05) is 5.16 Å². The van der Waals surface area contributed by atoms with Crippen molar-refractivity contribution in [1.29, 1.82) is 0 Å². The van der Waals surface area contributed by atoms with Crippen molar-refractivity contribution in [3.05, 3.63) is 39.9 Å². The first-order chi connectivity index (χ1) is 10.6. The topological polar surface area (TPSA) is 85.4 Å². The van der Waals surface area contributed by atoms with E-state index in [0.717, 1.165) is 45.2 Å². The van der Waals surface area contributed by atoms with Crippen LogP contribution in [0.2, 0.25) is 0 Å². The van der Waals surface area contributed by atoms with Gasteiger partial charge in [0.25, 0.3) is 5.69 Å². The molecule has 0 atom stereocenters. The van der Waals surface area contributed by atoms with Crippen LogP contribution in [0, 0.1) is 15.5 Å². The van der Waals surface area contributed by atoms with E-state index in [9.17, 15) is 15.3 Å². The molecule has 0 aromatic heterocycles. The van der Waals surface area contributed by atoms with E-state index in [1.807, 2.05) is 0 Å². The van der Waals surface area contributed by atoms with Gasteiger partial charge in [0.2, 0.25) is 0 Å². The Morgan fingerprint density at radius 2 is 1.59 bits per heavy atom. The van der Waals surface area contributed by atoms with Crippen molar-refractivity contribution in [1.82, 2.24) is 14.7 Å². The SMILES string of the molecule is O=[N+]([O-])c1ccc(/C(=N\O)C23CN4CN(CN(C4)C2)C3)cc1. The molecule has 0 radical (unpaired) electrons. The Kier molecular flexibility index (Phi) is 2.93. The number of rotatable bonds is 3. The largest absolute Gasteiger partial charge is 0.411 e. The fourth-order valence-corrected chi connectivity index (χ4v) is 4.15. The second kappa shape index (κ2) is 4.73. The van der Waals surface area contributed by atoms with Gasteiger partial charge in [0.15, 0.2) is 0 Å². The number of nitro benzene ring substituents is 1. The second-order valence-electron chi connectivity index (χ2n) is 6.44. The van der Waals surface area contributed by atoms with Gasteiger partial charge in [-0.05, 0) is 12.1 Å². The molecule has 0 unspecified atom stereocenters. The number of hydrogen-bond donors (Lipinski definition) is 1. The van der Waals surface area contributed by atoms with Gasteiger partial charge in [-0.25, -0.2) is 0 Å². The predicted octanol–water partition coefficient (Wildman–Crippen LogP) is 0.579. The molecule has 0 aliphatic carbocycles. The molecule has 4 bridgehead atoms. The lowest BCUT2D eigenvalue weighted by molar-refractivity contribution is -0.384. The third kappa shape index (κ3) is 1.99. The number of hydrogen-bond acceptors (Lipinski definition) is 7. The number of non-ortho nitro benzene ring substituents is 1. The van der Waals surface area contributed by atoms with Crippen molar-refractivity contribution < 1.29 is 10.1 Å². The molecular weight excluding hydrogens is 286 g/mol. The van der Waals surface area contributed by atoms with Crippen LogP contribution in [0.5, 0.6) is 0 Å². The van der Waals surface area contributed by atoms with E-state index >= 15 is 0 Å². The van der Waals surface area contributed by atoms with Gasteiger partial charge >= 0.3 is 0 Å². The molecule has 0 saturated carbocycles. The molecule has 5 rings (SSSR count). The standard InChI is InChI=1S/C14H17N5O3/c20-15-13(11-1-3-12(4-2-11)19(21)22)14-5-16-8-17(6-14)10-18(7-14)9-16/h1-4,20H,5-10H2/b15-13+. The molecular formula is C14H17N5O3. The molecule has 4 heterocycles. The number of oxime groups is 1. The van der Waals surface area contributed by atoms with Crippen molar-refractivity contribution >= 4 is 11.4 Å². The van der Waals surface area contributed by atoms with Gasteiger partial charge in [-0.3, -0.25) is 24.8 Å². The number of nitro groups is 1. The van der Waals surface area contributed by atoms with Crippen LogP contribution in [-0.2, 0) is 0 Å². The Morgan fingerprint density at radius 3 is 2.00 bits per heavy atom. The fraction of sp³-hybridized carbons (Fsp3) is 0.500. The molecule has 116 valence electrons. The van der Waals surface area contributed by atoms with Crippen molar-refractivity contribution in [3.8, 4) is 0 Å². The van der Waals surface area contributed by atoms with Crippen LogP contribution in [0.4, 0.5) is 5.69 Å². The number of benzene rings is 1. The third-order valence-electron chi connectivity index (χ3n) is 4.73. The maximum Gasteiger partial charge on any atom is 0.269 e. The van der Waals surface area contributed by atoms with Crippen molar-refractivity contribution in [2.24, 2.45) is 10.6 Å². The molecule has 4 aliphatic heterocycles. The lowest BCUT2D eigenvalue weighted by atomic mass is 9.74. The maximum atomic E-state index is 10.8. The first-order valence-corrected chi connectivity index (χ1v) is 7.24. The van der Waals surface area contributed by atoms with Gasteiger partial charge < -0.3 is 5.21 Å². The molecule has 22 heavy (non-hydrogen) atoms. The second-order valence-corrected chi connectivity index (χ2v) is 6.44. The van der Waals surface area contributed by atoms with Gasteiger partial charge in [0.1, 0.15) is 0 Å². The fourth-order valence-electron chi connectivity index (χ4n) is 4.15. The van der Waals surface area contributed by atoms with Gasteiger partial charge in [0.05, 0.1) is 36.1 Å². The van der Waals surface area contributed by atoms with Gasteiger partial charge in [-0.2, -0.15) is 0 Å². The minimum absolute atomic E-state index is 0.0443. The zero-order valence-corrected chi connectivity index (χ0v) is 12.1. The van der Waals surface area contributed by atoms with Crippen LogP contribution in [0.3, 0.4) is 0 Å². The lowest BCUT2D eigenvalue weighted by Gasteiger charge is -2.60. The number of nitrogens with zero attached hydrogens (tertiary/aromatic N) is 5. The highest BCUT2D eigenvalue weighted by Crippen LogP contribution is 2.38. The molecule has 0 amide bonds. The summed E-state index contributed by atoms with van der Waals surface area (Å²) in [6.07, 6.45) is 0. The highest BCUT2D eigenvalue weighted by Gasteiger charge is 2.52. The summed E-state index contributed by atoms with van der Waals surface area (Å²) in [6.45, 7) is 5.44. The average Bonchev–Trinajstić information content (AvgIpc) is 2.46. The van der Waals surface area contributed by atoms with Crippen LogP contribution in [-0.4, -0.2) is 70.2 Å². The monoisotopic (exact) mass is 303 g/mol. The van der Waals surface area contributed by atoms with Gasteiger partial charge in [0, 0.05) is 37.3 Å². The van der Waals surface area contributed by atoms with Crippen molar-refractivity contribution in [2.45, 2.75) is 0 Å². The first-order valence-electron chi connectivity index (χ1n) is 7.24.